The fraction of sp³-hybridized carbons (Fsp3) is 0.700. The van der Waals surface area contributed by atoms with Crippen molar-refractivity contribution < 1.29 is 9.59 Å². The fourth-order valence-corrected chi connectivity index (χ4v) is 5.03. The Labute approximate surface area is 149 Å². The molecule has 3 heterocycles. The molecule has 2 aliphatic heterocycles. The summed E-state index contributed by atoms with van der Waals surface area (Å²) in [7, 11) is 0. The summed E-state index contributed by atoms with van der Waals surface area (Å²) in [6.07, 6.45) is 8.54. The third kappa shape index (κ3) is 2.87. The second-order valence-corrected chi connectivity index (χ2v) is 8.05. The van der Waals surface area contributed by atoms with Crippen LogP contribution in [0, 0.1) is 5.41 Å². The second-order valence-electron chi connectivity index (χ2n) is 8.05. The monoisotopic (exact) mass is 343 g/mol. The van der Waals surface area contributed by atoms with Crippen LogP contribution < -0.4 is 0 Å². The molecule has 5 nitrogen and oxygen atoms in total. The predicted molar refractivity (Wildman–Crippen MR) is 96.3 cm³/mol. The van der Waals surface area contributed by atoms with Gasteiger partial charge in [-0.3, -0.25) is 9.59 Å². The van der Waals surface area contributed by atoms with E-state index in [0.29, 0.717) is 30.7 Å². The van der Waals surface area contributed by atoms with Crippen LogP contribution in [0.4, 0.5) is 0 Å². The zero-order valence-electron chi connectivity index (χ0n) is 15.2. The number of nitrogens with zero attached hydrogens (tertiary/aromatic N) is 2. The standard InChI is InChI=1S/C20H29N3O2/c1-2-15-8-9-17(21-15)18(24)22-13-11-20(14-22)10-5-12-23(19(20)25)16-6-3-4-7-16/h8-9,16,21H,2-7,10-14H2,1H3/t20-/m0/s1. The van der Waals surface area contributed by atoms with Gasteiger partial charge in [-0.1, -0.05) is 19.8 Å². The number of carbonyl (C=O) groups is 2. The summed E-state index contributed by atoms with van der Waals surface area (Å²) in [6.45, 7) is 4.27. The van der Waals surface area contributed by atoms with Gasteiger partial charge in [0.25, 0.3) is 5.91 Å². The molecule has 1 saturated carbocycles. The number of rotatable bonds is 3. The highest BCUT2D eigenvalue weighted by atomic mass is 16.2. The van der Waals surface area contributed by atoms with Gasteiger partial charge < -0.3 is 14.8 Å². The minimum absolute atomic E-state index is 0.0439. The lowest BCUT2D eigenvalue weighted by Gasteiger charge is -2.42. The minimum Gasteiger partial charge on any atom is -0.354 e. The number of carbonyl (C=O) groups excluding carboxylic acids is 2. The van der Waals surface area contributed by atoms with E-state index < -0.39 is 0 Å². The van der Waals surface area contributed by atoms with Crippen molar-refractivity contribution in [2.45, 2.75) is 64.3 Å². The number of hydrogen-bond acceptors (Lipinski definition) is 2. The smallest absolute Gasteiger partial charge is 0.270 e. The van der Waals surface area contributed by atoms with Crippen LogP contribution in [0.15, 0.2) is 12.1 Å². The van der Waals surface area contributed by atoms with E-state index in [1.165, 1.54) is 12.8 Å². The molecule has 1 aromatic rings. The molecule has 4 rings (SSSR count). The molecule has 1 aliphatic carbocycles. The third-order valence-electron chi connectivity index (χ3n) is 6.53. The Kier molecular flexibility index (Phi) is 4.34. The first-order valence-corrected chi connectivity index (χ1v) is 9.91. The molecule has 0 aromatic carbocycles. The van der Waals surface area contributed by atoms with Crippen LogP contribution >= 0.6 is 0 Å². The summed E-state index contributed by atoms with van der Waals surface area (Å²) in [5.41, 5.74) is 1.42. The Morgan fingerprint density at radius 3 is 2.72 bits per heavy atom. The molecule has 1 N–H and O–H groups in total. The van der Waals surface area contributed by atoms with Gasteiger partial charge in [-0.05, 0) is 50.7 Å². The van der Waals surface area contributed by atoms with Crippen molar-refractivity contribution in [1.82, 2.24) is 14.8 Å². The van der Waals surface area contributed by atoms with Gasteiger partial charge >= 0.3 is 0 Å². The summed E-state index contributed by atoms with van der Waals surface area (Å²) >= 11 is 0. The molecular weight excluding hydrogens is 314 g/mol. The normalized spacial score (nSPS) is 27.6. The first kappa shape index (κ1) is 16.7. The van der Waals surface area contributed by atoms with Crippen molar-refractivity contribution in [2.24, 2.45) is 5.41 Å². The molecule has 1 aromatic heterocycles. The molecule has 5 heteroatoms. The quantitative estimate of drug-likeness (QED) is 0.917. The van der Waals surface area contributed by atoms with E-state index in [2.05, 4.69) is 16.8 Å². The van der Waals surface area contributed by atoms with Crippen molar-refractivity contribution in [3.05, 3.63) is 23.5 Å². The molecule has 0 bridgehead atoms. The molecule has 1 spiro atoms. The van der Waals surface area contributed by atoms with E-state index in [0.717, 1.165) is 50.8 Å². The number of piperidine rings is 1. The maximum atomic E-state index is 13.3. The van der Waals surface area contributed by atoms with Gasteiger partial charge in [-0.15, -0.1) is 0 Å². The van der Waals surface area contributed by atoms with Crippen molar-refractivity contribution in [3.63, 3.8) is 0 Å². The van der Waals surface area contributed by atoms with Crippen molar-refractivity contribution in [2.75, 3.05) is 19.6 Å². The van der Waals surface area contributed by atoms with Crippen LogP contribution in [0.2, 0.25) is 0 Å². The number of aryl methyl sites for hydroxylation is 1. The van der Waals surface area contributed by atoms with Gasteiger partial charge in [0.15, 0.2) is 0 Å². The summed E-state index contributed by atoms with van der Waals surface area (Å²) in [4.78, 5) is 33.3. The summed E-state index contributed by atoms with van der Waals surface area (Å²) in [5.74, 6) is 0.365. The lowest BCUT2D eigenvalue weighted by atomic mass is 9.77. The fourth-order valence-electron chi connectivity index (χ4n) is 5.03. The molecule has 2 amide bonds. The minimum atomic E-state index is -0.323. The van der Waals surface area contributed by atoms with Gasteiger partial charge in [0, 0.05) is 31.4 Å². The molecule has 0 radical (unpaired) electrons. The number of amides is 2. The van der Waals surface area contributed by atoms with E-state index in [1.54, 1.807) is 0 Å². The highest BCUT2D eigenvalue weighted by Crippen LogP contribution is 2.42. The lowest BCUT2D eigenvalue weighted by molar-refractivity contribution is -0.148. The van der Waals surface area contributed by atoms with Gasteiger partial charge in [0.05, 0.1) is 5.41 Å². The third-order valence-corrected chi connectivity index (χ3v) is 6.53. The Balaban J connectivity index is 1.48. The molecule has 2 saturated heterocycles. The zero-order valence-corrected chi connectivity index (χ0v) is 15.2. The van der Waals surface area contributed by atoms with Crippen LogP contribution in [0.5, 0.6) is 0 Å². The van der Waals surface area contributed by atoms with Crippen LogP contribution in [0.3, 0.4) is 0 Å². The number of aromatic nitrogens is 1. The largest absolute Gasteiger partial charge is 0.354 e. The SMILES string of the molecule is CCc1ccc(C(=O)N2CC[C@@]3(CCCN(C4CCCC4)C3=O)C2)[nH]1. The molecular formula is C20H29N3O2. The average molecular weight is 343 g/mol. The highest BCUT2D eigenvalue weighted by Gasteiger charge is 2.50. The molecule has 3 aliphatic rings. The summed E-state index contributed by atoms with van der Waals surface area (Å²) < 4.78 is 0. The lowest BCUT2D eigenvalue weighted by Crippen LogP contribution is -2.53. The first-order chi connectivity index (χ1) is 12.1. The number of aromatic amines is 1. The van der Waals surface area contributed by atoms with Crippen LogP contribution in [-0.2, 0) is 11.2 Å². The van der Waals surface area contributed by atoms with E-state index in [1.807, 2.05) is 17.0 Å². The van der Waals surface area contributed by atoms with Crippen molar-refractivity contribution in [3.8, 4) is 0 Å². The number of H-pyrrole nitrogens is 1. The molecule has 136 valence electrons. The Morgan fingerprint density at radius 2 is 2.00 bits per heavy atom. The summed E-state index contributed by atoms with van der Waals surface area (Å²) in [6, 6.07) is 4.30. The van der Waals surface area contributed by atoms with Gasteiger partial charge in [-0.25, -0.2) is 0 Å². The topological polar surface area (TPSA) is 56.4 Å². The second kappa shape index (κ2) is 6.50. The Hall–Kier alpha value is -1.78. The predicted octanol–water partition coefficient (Wildman–Crippen LogP) is 2.97. The maximum absolute atomic E-state index is 13.3. The number of hydrogen-bond donors (Lipinski definition) is 1. The van der Waals surface area contributed by atoms with Gasteiger partial charge in [-0.2, -0.15) is 0 Å². The van der Waals surface area contributed by atoms with Crippen LogP contribution in [-0.4, -0.2) is 52.3 Å². The Morgan fingerprint density at radius 1 is 1.20 bits per heavy atom. The number of likely N-dealkylation sites (tertiary alicyclic amines) is 2. The van der Waals surface area contributed by atoms with E-state index >= 15 is 0 Å². The average Bonchev–Trinajstić information content (AvgIpc) is 3.38. The molecule has 1 atom stereocenters. The summed E-state index contributed by atoms with van der Waals surface area (Å²) in [5, 5.41) is 0. The van der Waals surface area contributed by atoms with Gasteiger partial charge in [0.2, 0.25) is 5.91 Å². The maximum Gasteiger partial charge on any atom is 0.270 e. The molecule has 25 heavy (non-hydrogen) atoms. The Bertz CT molecular complexity index is 662. The van der Waals surface area contributed by atoms with Crippen LogP contribution in [0.25, 0.3) is 0 Å². The highest BCUT2D eigenvalue weighted by molar-refractivity contribution is 5.94. The first-order valence-electron chi connectivity index (χ1n) is 9.91. The molecule has 0 unspecified atom stereocenters. The van der Waals surface area contributed by atoms with Crippen LogP contribution in [0.1, 0.15) is 68.1 Å². The van der Waals surface area contributed by atoms with E-state index in [9.17, 15) is 9.59 Å². The van der Waals surface area contributed by atoms with E-state index in [4.69, 9.17) is 0 Å². The van der Waals surface area contributed by atoms with Crippen molar-refractivity contribution in [1.29, 1.82) is 0 Å². The van der Waals surface area contributed by atoms with Gasteiger partial charge in [0.1, 0.15) is 5.69 Å². The zero-order chi connectivity index (χ0) is 17.4. The number of nitrogens with one attached hydrogen (secondary N) is 1. The van der Waals surface area contributed by atoms with Crippen molar-refractivity contribution >= 4 is 11.8 Å². The molecule has 3 fully saturated rings. The van der Waals surface area contributed by atoms with E-state index in [-0.39, 0.29) is 11.3 Å².